The summed E-state index contributed by atoms with van der Waals surface area (Å²) < 4.78 is 5.52. The SMILES string of the molecule is CCCCNC(=NC)NCc1cccc(OCC(=O)N(C)C)c1.I. The molecule has 0 saturated heterocycles. The van der Waals surface area contributed by atoms with Gasteiger partial charge in [-0.2, -0.15) is 0 Å². The molecule has 0 heterocycles. The number of ether oxygens (including phenoxy) is 1. The first kappa shape index (κ1) is 22.5. The second kappa shape index (κ2) is 12.9. The summed E-state index contributed by atoms with van der Waals surface area (Å²) in [6.45, 7) is 3.76. The van der Waals surface area contributed by atoms with Crippen LogP contribution in [0.2, 0.25) is 0 Å². The summed E-state index contributed by atoms with van der Waals surface area (Å²) in [6, 6.07) is 7.70. The van der Waals surface area contributed by atoms with Gasteiger partial charge in [0.15, 0.2) is 12.6 Å². The van der Waals surface area contributed by atoms with Gasteiger partial charge in [0.05, 0.1) is 0 Å². The van der Waals surface area contributed by atoms with Gasteiger partial charge in [-0.25, -0.2) is 0 Å². The fraction of sp³-hybridized carbons (Fsp3) is 0.529. The second-order valence-electron chi connectivity index (χ2n) is 5.43. The van der Waals surface area contributed by atoms with Gasteiger partial charge in [-0.3, -0.25) is 9.79 Å². The van der Waals surface area contributed by atoms with Crippen molar-refractivity contribution >= 4 is 35.8 Å². The average molecular weight is 448 g/mol. The maximum atomic E-state index is 11.5. The van der Waals surface area contributed by atoms with Gasteiger partial charge in [0.1, 0.15) is 5.75 Å². The summed E-state index contributed by atoms with van der Waals surface area (Å²) in [4.78, 5) is 17.2. The van der Waals surface area contributed by atoms with Crippen LogP contribution < -0.4 is 15.4 Å². The van der Waals surface area contributed by atoms with Gasteiger partial charge in [0.2, 0.25) is 0 Å². The van der Waals surface area contributed by atoms with E-state index in [2.05, 4.69) is 22.5 Å². The molecule has 6 nitrogen and oxygen atoms in total. The lowest BCUT2D eigenvalue weighted by molar-refractivity contribution is -0.130. The van der Waals surface area contributed by atoms with Gasteiger partial charge in [-0.05, 0) is 24.1 Å². The normalized spacial score (nSPS) is 10.6. The van der Waals surface area contributed by atoms with Crippen molar-refractivity contribution in [3.63, 3.8) is 0 Å². The molecular weight excluding hydrogens is 419 g/mol. The van der Waals surface area contributed by atoms with Crippen molar-refractivity contribution in [1.29, 1.82) is 0 Å². The Morgan fingerprint density at radius 1 is 1.29 bits per heavy atom. The van der Waals surface area contributed by atoms with Gasteiger partial charge in [-0.1, -0.05) is 25.5 Å². The van der Waals surface area contributed by atoms with Crippen LogP contribution in [-0.2, 0) is 11.3 Å². The summed E-state index contributed by atoms with van der Waals surface area (Å²) in [6.07, 6.45) is 2.26. The van der Waals surface area contributed by atoms with Gasteiger partial charge in [-0.15, -0.1) is 24.0 Å². The summed E-state index contributed by atoms with van der Waals surface area (Å²) in [5.41, 5.74) is 1.07. The molecule has 1 aromatic rings. The van der Waals surface area contributed by atoms with Crippen molar-refractivity contribution in [3.8, 4) is 5.75 Å². The summed E-state index contributed by atoms with van der Waals surface area (Å²) >= 11 is 0. The molecule has 7 heteroatoms. The number of hydrogen-bond donors (Lipinski definition) is 2. The molecule has 0 radical (unpaired) electrons. The Bertz CT molecular complexity index is 521. The van der Waals surface area contributed by atoms with Gasteiger partial charge in [0, 0.05) is 34.2 Å². The summed E-state index contributed by atoms with van der Waals surface area (Å²) in [7, 11) is 5.18. The van der Waals surface area contributed by atoms with Crippen LogP contribution in [0.15, 0.2) is 29.3 Å². The number of benzene rings is 1. The highest BCUT2D eigenvalue weighted by atomic mass is 127. The molecule has 2 N–H and O–H groups in total. The number of amides is 1. The molecule has 0 aliphatic rings. The molecule has 0 aliphatic heterocycles. The minimum Gasteiger partial charge on any atom is -0.484 e. The largest absolute Gasteiger partial charge is 0.484 e. The van der Waals surface area contributed by atoms with Gasteiger partial charge < -0.3 is 20.3 Å². The Kier molecular flexibility index (Phi) is 12.0. The highest BCUT2D eigenvalue weighted by Gasteiger charge is 2.05. The molecule has 24 heavy (non-hydrogen) atoms. The Hall–Kier alpha value is -1.51. The molecule has 1 aromatic carbocycles. The van der Waals surface area contributed by atoms with Crippen molar-refractivity contribution in [2.24, 2.45) is 4.99 Å². The number of halogens is 1. The molecule has 1 amide bonds. The minimum absolute atomic E-state index is 0. The molecule has 136 valence electrons. The van der Waals surface area contributed by atoms with Gasteiger partial charge >= 0.3 is 0 Å². The lowest BCUT2D eigenvalue weighted by Crippen LogP contribution is -2.37. The number of unbranched alkanes of at least 4 members (excludes halogenated alkanes) is 1. The number of guanidine groups is 1. The highest BCUT2D eigenvalue weighted by Crippen LogP contribution is 2.13. The van der Waals surface area contributed by atoms with Crippen LogP contribution in [0.1, 0.15) is 25.3 Å². The topological polar surface area (TPSA) is 66.0 Å². The number of nitrogens with one attached hydrogen (secondary N) is 2. The molecule has 0 aliphatic carbocycles. The zero-order valence-corrected chi connectivity index (χ0v) is 17.3. The first-order valence-corrected chi connectivity index (χ1v) is 7.93. The first-order chi connectivity index (χ1) is 11.1. The number of carbonyl (C=O) groups is 1. The molecular formula is C17H29IN4O2. The molecule has 0 atom stereocenters. The number of likely N-dealkylation sites (N-methyl/N-ethyl adjacent to an activating group) is 1. The number of carbonyl (C=O) groups excluding carboxylic acids is 1. The Balaban J connectivity index is 0.00000529. The third-order valence-corrected chi connectivity index (χ3v) is 3.27. The van der Waals surface area contributed by atoms with Crippen LogP contribution in [-0.4, -0.2) is 51.1 Å². The Morgan fingerprint density at radius 2 is 2.04 bits per heavy atom. The van der Waals surface area contributed by atoms with E-state index in [1.54, 1.807) is 21.1 Å². The van der Waals surface area contributed by atoms with Gasteiger partial charge in [0.25, 0.3) is 5.91 Å². The quantitative estimate of drug-likeness (QED) is 0.277. The molecule has 0 unspecified atom stereocenters. The smallest absolute Gasteiger partial charge is 0.259 e. The van der Waals surface area contributed by atoms with E-state index in [1.807, 2.05) is 24.3 Å². The average Bonchev–Trinajstić information content (AvgIpc) is 2.56. The van der Waals surface area contributed by atoms with E-state index < -0.39 is 0 Å². The van der Waals surface area contributed by atoms with Crippen molar-refractivity contribution in [3.05, 3.63) is 29.8 Å². The molecule has 0 fully saturated rings. The lowest BCUT2D eigenvalue weighted by atomic mass is 10.2. The summed E-state index contributed by atoms with van der Waals surface area (Å²) in [5, 5.41) is 6.53. The van der Waals surface area contributed by atoms with E-state index in [9.17, 15) is 4.79 Å². The zero-order valence-electron chi connectivity index (χ0n) is 15.0. The standard InChI is InChI=1S/C17H28N4O2.HI/c1-5-6-10-19-17(18-2)20-12-14-8-7-9-15(11-14)23-13-16(22)21(3)4;/h7-9,11H,5-6,10,12-13H2,1-4H3,(H2,18,19,20);1H. The zero-order chi connectivity index (χ0) is 17.1. The Labute approximate surface area is 162 Å². The molecule has 1 rings (SSSR count). The second-order valence-corrected chi connectivity index (χ2v) is 5.43. The maximum Gasteiger partial charge on any atom is 0.259 e. The summed E-state index contributed by atoms with van der Waals surface area (Å²) in [5.74, 6) is 1.41. The van der Waals surface area contributed by atoms with Crippen molar-refractivity contribution in [2.45, 2.75) is 26.3 Å². The fourth-order valence-electron chi connectivity index (χ4n) is 1.81. The third-order valence-electron chi connectivity index (χ3n) is 3.27. The Morgan fingerprint density at radius 3 is 2.67 bits per heavy atom. The molecule has 0 aromatic heterocycles. The molecule has 0 saturated carbocycles. The monoisotopic (exact) mass is 448 g/mol. The lowest BCUT2D eigenvalue weighted by Gasteiger charge is -2.13. The van der Waals surface area contributed by atoms with E-state index >= 15 is 0 Å². The van der Waals surface area contributed by atoms with Crippen LogP contribution in [0.3, 0.4) is 0 Å². The van der Waals surface area contributed by atoms with E-state index in [4.69, 9.17) is 4.74 Å². The minimum atomic E-state index is -0.0611. The number of hydrogen-bond acceptors (Lipinski definition) is 3. The van der Waals surface area contributed by atoms with Crippen LogP contribution in [0.4, 0.5) is 0 Å². The van der Waals surface area contributed by atoms with Crippen LogP contribution in [0.5, 0.6) is 5.75 Å². The van der Waals surface area contributed by atoms with Crippen LogP contribution in [0.25, 0.3) is 0 Å². The van der Waals surface area contributed by atoms with Crippen LogP contribution in [0, 0.1) is 0 Å². The first-order valence-electron chi connectivity index (χ1n) is 7.93. The van der Waals surface area contributed by atoms with Crippen LogP contribution >= 0.6 is 24.0 Å². The predicted octanol–water partition coefficient (Wildman–Crippen LogP) is 2.24. The molecule has 0 bridgehead atoms. The third kappa shape index (κ3) is 8.95. The predicted molar refractivity (Wildman–Crippen MR) is 109 cm³/mol. The fourth-order valence-corrected chi connectivity index (χ4v) is 1.81. The van der Waals surface area contributed by atoms with Crippen molar-refractivity contribution in [1.82, 2.24) is 15.5 Å². The highest BCUT2D eigenvalue weighted by molar-refractivity contribution is 14.0. The van der Waals surface area contributed by atoms with Crippen molar-refractivity contribution < 1.29 is 9.53 Å². The number of rotatable bonds is 8. The maximum absolute atomic E-state index is 11.5. The van der Waals surface area contributed by atoms with Crippen molar-refractivity contribution in [2.75, 3.05) is 34.3 Å². The van der Waals surface area contributed by atoms with E-state index in [0.717, 1.165) is 30.9 Å². The van der Waals surface area contributed by atoms with E-state index in [0.29, 0.717) is 12.3 Å². The van der Waals surface area contributed by atoms with E-state index in [1.165, 1.54) is 4.90 Å². The molecule has 0 spiro atoms. The number of aliphatic imine (C=N–C) groups is 1. The van der Waals surface area contributed by atoms with E-state index in [-0.39, 0.29) is 36.5 Å². The number of nitrogens with zero attached hydrogens (tertiary/aromatic N) is 2.